The first-order chi connectivity index (χ1) is 6.21. The molecule has 0 spiro atoms. The Balaban J connectivity index is 3.51. The number of rotatable bonds is 1. The molecule has 0 aromatic carbocycles. The van der Waals surface area contributed by atoms with E-state index < -0.39 is 32.4 Å². The highest BCUT2D eigenvalue weighted by Gasteiger charge is 2.54. The third-order valence-electron chi connectivity index (χ3n) is 1.66. The van der Waals surface area contributed by atoms with E-state index in [1.165, 1.54) is 0 Å². The van der Waals surface area contributed by atoms with E-state index in [4.69, 9.17) is 14.8 Å². The Labute approximate surface area is 78.4 Å². The Hall–Kier alpha value is -1.38. The molecule has 1 rings (SSSR count). The van der Waals surface area contributed by atoms with Crippen LogP contribution in [-0.4, -0.2) is 39.0 Å². The topological polar surface area (TPSA) is 132 Å². The van der Waals surface area contributed by atoms with Crippen LogP contribution in [0.2, 0.25) is 0 Å². The maximum atomic E-state index is 10.9. The maximum absolute atomic E-state index is 10.9. The largest absolute Gasteiger partial charge is 0.505 e. The molecule has 14 heavy (non-hydrogen) atoms. The van der Waals surface area contributed by atoms with Crippen LogP contribution in [0, 0.1) is 0 Å². The average Bonchev–Trinajstić information content (AvgIpc) is 2.06. The summed E-state index contributed by atoms with van der Waals surface area (Å²) in [5.41, 5.74) is 0. The SMILES string of the molecule is O=C1C=CC(O)=C(O)C1(O)S(=O)(=O)O. The van der Waals surface area contributed by atoms with Gasteiger partial charge in [-0.1, -0.05) is 0 Å². The molecule has 8 heteroatoms. The lowest BCUT2D eigenvalue weighted by atomic mass is 10.1. The summed E-state index contributed by atoms with van der Waals surface area (Å²) in [6, 6.07) is 0. The highest BCUT2D eigenvalue weighted by atomic mass is 32.2. The van der Waals surface area contributed by atoms with Gasteiger partial charge in [0.05, 0.1) is 0 Å². The Morgan fingerprint density at radius 2 is 1.71 bits per heavy atom. The number of aliphatic hydroxyl groups is 3. The summed E-state index contributed by atoms with van der Waals surface area (Å²) in [4.78, 5) is 7.43. The molecule has 1 aliphatic carbocycles. The molecule has 0 aliphatic heterocycles. The van der Waals surface area contributed by atoms with Gasteiger partial charge in [0.1, 0.15) is 0 Å². The monoisotopic (exact) mass is 222 g/mol. The van der Waals surface area contributed by atoms with Crippen LogP contribution < -0.4 is 0 Å². The molecule has 1 aliphatic rings. The first kappa shape index (κ1) is 10.7. The molecule has 0 radical (unpaired) electrons. The zero-order valence-corrected chi connectivity index (χ0v) is 7.39. The van der Waals surface area contributed by atoms with Gasteiger partial charge < -0.3 is 15.3 Å². The minimum absolute atomic E-state index is 0.517. The zero-order valence-electron chi connectivity index (χ0n) is 6.58. The van der Waals surface area contributed by atoms with E-state index in [1.807, 2.05) is 0 Å². The minimum atomic E-state index is -5.27. The summed E-state index contributed by atoms with van der Waals surface area (Å²) >= 11 is 0. The fraction of sp³-hybridized carbons (Fsp3) is 0.167. The van der Waals surface area contributed by atoms with Crippen LogP contribution in [0.5, 0.6) is 0 Å². The van der Waals surface area contributed by atoms with Crippen LogP contribution in [0.4, 0.5) is 0 Å². The predicted molar refractivity (Wildman–Crippen MR) is 42.9 cm³/mol. The van der Waals surface area contributed by atoms with Crippen molar-refractivity contribution in [3.8, 4) is 0 Å². The van der Waals surface area contributed by atoms with Gasteiger partial charge in [0.15, 0.2) is 11.5 Å². The van der Waals surface area contributed by atoms with Crippen molar-refractivity contribution in [2.75, 3.05) is 0 Å². The summed E-state index contributed by atoms with van der Waals surface area (Å²) < 4.78 is 29.8. The van der Waals surface area contributed by atoms with Crippen LogP contribution in [0.3, 0.4) is 0 Å². The lowest BCUT2D eigenvalue weighted by molar-refractivity contribution is -0.125. The lowest BCUT2D eigenvalue weighted by Crippen LogP contribution is -2.49. The van der Waals surface area contributed by atoms with E-state index in [2.05, 4.69) is 0 Å². The number of allylic oxidation sites excluding steroid dienone is 1. The van der Waals surface area contributed by atoms with Gasteiger partial charge in [0, 0.05) is 0 Å². The summed E-state index contributed by atoms with van der Waals surface area (Å²) in [6.07, 6.45) is 1.21. The molecule has 4 N–H and O–H groups in total. The Morgan fingerprint density at radius 1 is 1.21 bits per heavy atom. The molecule has 0 aromatic rings. The van der Waals surface area contributed by atoms with Crippen molar-refractivity contribution in [1.82, 2.24) is 0 Å². The van der Waals surface area contributed by atoms with Gasteiger partial charge >= 0.3 is 15.1 Å². The van der Waals surface area contributed by atoms with Crippen LogP contribution in [0.25, 0.3) is 0 Å². The minimum Gasteiger partial charge on any atom is -0.505 e. The Kier molecular flexibility index (Phi) is 2.14. The maximum Gasteiger partial charge on any atom is 0.315 e. The Morgan fingerprint density at radius 3 is 2.07 bits per heavy atom. The molecule has 0 bridgehead atoms. The van der Waals surface area contributed by atoms with Crippen molar-refractivity contribution in [2.24, 2.45) is 0 Å². The molecule has 0 fully saturated rings. The van der Waals surface area contributed by atoms with E-state index in [0.29, 0.717) is 12.2 Å². The first-order valence-corrected chi connectivity index (χ1v) is 4.70. The molecule has 1 atom stereocenters. The van der Waals surface area contributed by atoms with Gasteiger partial charge in [0.2, 0.25) is 5.78 Å². The molecule has 78 valence electrons. The summed E-state index contributed by atoms with van der Waals surface area (Å²) in [5, 5.41) is 27.0. The zero-order chi connectivity index (χ0) is 11.1. The van der Waals surface area contributed by atoms with E-state index in [-0.39, 0.29) is 0 Å². The van der Waals surface area contributed by atoms with Crippen molar-refractivity contribution < 1.29 is 33.1 Å². The highest BCUT2D eigenvalue weighted by Crippen LogP contribution is 2.28. The fourth-order valence-electron chi connectivity index (χ4n) is 0.886. The standard InChI is InChI=1S/C6H6O7S/c7-3-1-2-4(8)6(10,5(3)9)14(11,12)13/h1-2,7,9-10H,(H,11,12,13). The first-order valence-electron chi connectivity index (χ1n) is 3.26. The van der Waals surface area contributed by atoms with E-state index in [1.54, 1.807) is 0 Å². The van der Waals surface area contributed by atoms with E-state index in [9.17, 15) is 18.3 Å². The van der Waals surface area contributed by atoms with E-state index in [0.717, 1.165) is 0 Å². The van der Waals surface area contributed by atoms with Gasteiger partial charge in [-0.25, -0.2) is 0 Å². The van der Waals surface area contributed by atoms with Gasteiger partial charge in [-0.2, -0.15) is 8.42 Å². The molecular weight excluding hydrogens is 216 g/mol. The van der Waals surface area contributed by atoms with Crippen LogP contribution in [0.1, 0.15) is 0 Å². The molecule has 0 aromatic heterocycles. The van der Waals surface area contributed by atoms with Gasteiger partial charge in [-0.3, -0.25) is 9.35 Å². The van der Waals surface area contributed by atoms with Gasteiger partial charge in [-0.05, 0) is 12.2 Å². The number of hydrogen-bond donors (Lipinski definition) is 4. The normalized spacial score (nSPS) is 28.3. The summed E-state index contributed by atoms with van der Waals surface area (Å²) in [6.45, 7) is 0. The van der Waals surface area contributed by atoms with Crippen molar-refractivity contribution >= 4 is 15.9 Å². The van der Waals surface area contributed by atoms with Crippen molar-refractivity contribution in [2.45, 2.75) is 4.93 Å². The molecule has 0 saturated heterocycles. The van der Waals surface area contributed by atoms with Crippen molar-refractivity contribution in [3.63, 3.8) is 0 Å². The molecule has 0 heterocycles. The number of hydrogen-bond acceptors (Lipinski definition) is 6. The second kappa shape index (κ2) is 2.80. The third kappa shape index (κ3) is 1.20. The molecular formula is C6H6O7S. The Bertz CT molecular complexity index is 443. The van der Waals surface area contributed by atoms with E-state index >= 15 is 0 Å². The highest BCUT2D eigenvalue weighted by molar-refractivity contribution is 7.88. The number of carbonyl (C=O) groups is 1. The van der Waals surface area contributed by atoms with Crippen molar-refractivity contribution in [3.05, 3.63) is 23.7 Å². The average molecular weight is 222 g/mol. The number of aliphatic hydroxyl groups excluding tert-OH is 2. The van der Waals surface area contributed by atoms with Crippen LogP contribution >= 0.6 is 0 Å². The predicted octanol–water partition coefficient (Wildman–Crippen LogP) is -0.971. The van der Waals surface area contributed by atoms with Gasteiger partial charge in [-0.15, -0.1) is 0 Å². The lowest BCUT2D eigenvalue weighted by Gasteiger charge is -2.23. The number of carbonyl (C=O) groups excluding carboxylic acids is 1. The second-order valence-corrected chi connectivity index (χ2v) is 4.09. The fourth-order valence-corrected chi connectivity index (χ4v) is 1.56. The molecule has 0 amide bonds. The summed E-state index contributed by atoms with van der Waals surface area (Å²) in [7, 11) is -5.27. The smallest absolute Gasteiger partial charge is 0.315 e. The molecule has 7 nitrogen and oxygen atoms in total. The summed E-state index contributed by atoms with van der Waals surface area (Å²) in [5.74, 6) is -3.99. The van der Waals surface area contributed by atoms with Gasteiger partial charge in [0.25, 0.3) is 0 Å². The quantitative estimate of drug-likeness (QED) is 0.419. The third-order valence-corrected chi connectivity index (χ3v) is 2.80. The second-order valence-electron chi connectivity index (χ2n) is 2.55. The van der Waals surface area contributed by atoms with Crippen LogP contribution in [-0.2, 0) is 14.9 Å². The number of ketones is 1. The molecule has 0 saturated carbocycles. The molecule has 1 unspecified atom stereocenters. The van der Waals surface area contributed by atoms with Crippen LogP contribution in [0.15, 0.2) is 23.7 Å². The van der Waals surface area contributed by atoms with Crippen molar-refractivity contribution in [1.29, 1.82) is 0 Å².